The maximum Gasteiger partial charge on any atom is 0.180 e. The van der Waals surface area contributed by atoms with Crippen LogP contribution in [0.3, 0.4) is 0 Å². The van der Waals surface area contributed by atoms with Gasteiger partial charge in [-0.15, -0.1) is 0 Å². The molecule has 0 fully saturated rings. The summed E-state index contributed by atoms with van der Waals surface area (Å²) in [5, 5.41) is 22.6. The van der Waals surface area contributed by atoms with Crippen LogP contribution in [0, 0.1) is 0 Å². The van der Waals surface area contributed by atoms with E-state index in [1.54, 1.807) is 12.3 Å². The fourth-order valence-corrected chi connectivity index (χ4v) is 2.92. The number of allylic oxidation sites excluding steroid dienone is 1. The lowest BCUT2D eigenvalue weighted by molar-refractivity contribution is 0.0887. The molecule has 0 spiro atoms. The standard InChI is InChI=1S/C16H19NO4/c18-14-7-5-11-12(16(14)20)4-6-13(15(11)19)17-9-10-3-1-2-8-21-10/h2,5,7-8,10,13,17-18,20H,1,3-4,6,9H2. The Bertz CT molecular complexity index is 582. The molecule has 5 nitrogen and oxygen atoms in total. The van der Waals surface area contributed by atoms with Gasteiger partial charge in [-0.3, -0.25) is 4.79 Å². The third kappa shape index (κ3) is 2.74. The summed E-state index contributed by atoms with van der Waals surface area (Å²) in [6, 6.07) is 2.69. The zero-order valence-corrected chi connectivity index (χ0v) is 11.7. The number of phenols is 2. The number of fused-ring (bicyclic) bond motifs is 1. The number of benzene rings is 1. The number of ketones is 1. The highest BCUT2D eigenvalue weighted by atomic mass is 16.5. The Morgan fingerprint density at radius 3 is 2.90 bits per heavy atom. The quantitative estimate of drug-likeness (QED) is 0.740. The summed E-state index contributed by atoms with van der Waals surface area (Å²) < 4.78 is 5.48. The lowest BCUT2D eigenvalue weighted by atomic mass is 9.86. The summed E-state index contributed by atoms with van der Waals surface area (Å²) in [5.74, 6) is -0.367. The predicted molar refractivity (Wildman–Crippen MR) is 77.5 cm³/mol. The molecular formula is C16H19NO4. The third-order valence-electron chi connectivity index (χ3n) is 4.14. The smallest absolute Gasteiger partial charge is 0.180 e. The Labute approximate surface area is 123 Å². The molecule has 1 aliphatic heterocycles. The highest BCUT2D eigenvalue weighted by Gasteiger charge is 2.30. The fourth-order valence-electron chi connectivity index (χ4n) is 2.92. The zero-order valence-electron chi connectivity index (χ0n) is 11.7. The number of carbonyl (C=O) groups is 1. The molecule has 0 radical (unpaired) electrons. The van der Waals surface area contributed by atoms with E-state index in [2.05, 4.69) is 5.32 Å². The van der Waals surface area contributed by atoms with Gasteiger partial charge in [0.15, 0.2) is 17.3 Å². The maximum absolute atomic E-state index is 12.4. The first-order chi connectivity index (χ1) is 10.2. The van der Waals surface area contributed by atoms with Gasteiger partial charge in [-0.1, -0.05) is 0 Å². The summed E-state index contributed by atoms with van der Waals surface area (Å²) in [6.07, 6.45) is 6.96. The molecule has 3 rings (SSSR count). The number of hydrogen-bond donors (Lipinski definition) is 3. The van der Waals surface area contributed by atoms with E-state index in [0.717, 1.165) is 12.8 Å². The van der Waals surface area contributed by atoms with Gasteiger partial charge in [0, 0.05) is 17.7 Å². The van der Waals surface area contributed by atoms with Crippen molar-refractivity contribution in [1.29, 1.82) is 0 Å². The normalized spacial score (nSPS) is 24.5. The van der Waals surface area contributed by atoms with Crippen LogP contribution in [-0.4, -0.2) is 34.7 Å². The maximum atomic E-state index is 12.4. The molecule has 2 atom stereocenters. The van der Waals surface area contributed by atoms with Gasteiger partial charge >= 0.3 is 0 Å². The number of nitrogens with one attached hydrogen (secondary N) is 1. The molecule has 0 bridgehead atoms. The lowest BCUT2D eigenvalue weighted by Crippen LogP contribution is -2.44. The molecular weight excluding hydrogens is 270 g/mol. The van der Waals surface area contributed by atoms with Gasteiger partial charge in [0.25, 0.3) is 0 Å². The molecule has 112 valence electrons. The Morgan fingerprint density at radius 2 is 2.14 bits per heavy atom. The van der Waals surface area contributed by atoms with E-state index >= 15 is 0 Å². The van der Waals surface area contributed by atoms with Crippen molar-refractivity contribution in [1.82, 2.24) is 5.32 Å². The summed E-state index contributed by atoms with van der Waals surface area (Å²) in [4.78, 5) is 12.4. The molecule has 0 saturated carbocycles. The Hall–Kier alpha value is -2.01. The van der Waals surface area contributed by atoms with E-state index in [1.165, 1.54) is 6.07 Å². The van der Waals surface area contributed by atoms with Crippen molar-refractivity contribution in [2.75, 3.05) is 6.54 Å². The summed E-state index contributed by atoms with van der Waals surface area (Å²) >= 11 is 0. The highest BCUT2D eigenvalue weighted by molar-refractivity contribution is 6.03. The van der Waals surface area contributed by atoms with Crippen LogP contribution in [0.1, 0.15) is 35.2 Å². The van der Waals surface area contributed by atoms with Crippen LogP contribution in [0.2, 0.25) is 0 Å². The molecule has 3 N–H and O–H groups in total. The molecule has 1 aromatic carbocycles. The van der Waals surface area contributed by atoms with E-state index < -0.39 is 0 Å². The second kappa shape index (κ2) is 5.77. The lowest BCUT2D eigenvalue weighted by Gasteiger charge is -2.27. The van der Waals surface area contributed by atoms with E-state index in [4.69, 9.17) is 4.74 Å². The van der Waals surface area contributed by atoms with Crippen LogP contribution in [0.25, 0.3) is 0 Å². The summed E-state index contributed by atoms with van der Waals surface area (Å²) in [6.45, 7) is 0.639. The Morgan fingerprint density at radius 1 is 1.29 bits per heavy atom. The average Bonchev–Trinajstić information content (AvgIpc) is 2.51. The van der Waals surface area contributed by atoms with Gasteiger partial charge in [-0.25, -0.2) is 0 Å². The molecule has 2 aliphatic rings. The summed E-state index contributed by atoms with van der Waals surface area (Å²) in [5.41, 5.74) is 1.05. The fraction of sp³-hybridized carbons (Fsp3) is 0.438. The largest absolute Gasteiger partial charge is 0.504 e. The minimum atomic E-state index is -0.254. The van der Waals surface area contributed by atoms with Crippen LogP contribution in [0.5, 0.6) is 11.5 Å². The molecule has 1 heterocycles. The first kappa shape index (κ1) is 13.9. The van der Waals surface area contributed by atoms with Crippen LogP contribution >= 0.6 is 0 Å². The SMILES string of the molecule is O=C1c2ccc(O)c(O)c2CCC1NCC1CCC=CO1. The highest BCUT2D eigenvalue weighted by Crippen LogP contribution is 2.35. The van der Waals surface area contributed by atoms with Gasteiger partial charge in [0.2, 0.25) is 0 Å². The van der Waals surface area contributed by atoms with Crippen molar-refractivity contribution in [3.05, 3.63) is 35.6 Å². The molecule has 1 aliphatic carbocycles. The van der Waals surface area contributed by atoms with Crippen molar-refractivity contribution < 1.29 is 19.7 Å². The number of Topliss-reactive ketones (excluding diaryl/α,β-unsaturated/α-hetero) is 1. The third-order valence-corrected chi connectivity index (χ3v) is 4.14. The molecule has 0 saturated heterocycles. The molecule has 21 heavy (non-hydrogen) atoms. The van der Waals surface area contributed by atoms with Crippen LogP contribution in [-0.2, 0) is 11.2 Å². The number of phenolic OH excluding ortho intramolecular Hbond substituents is 2. The monoisotopic (exact) mass is 289 g/mol. The number of ether oxygens (including phenoxy) is 1. The number of rotatable bonds is 3. The van der Waals surface area contributed by atoms with Gasteiger partial charge in [-0.2, -0.15) is 0 Å². The van der Waals surface area contributed by atoms with E-state index in [0.29, 0.717) is 30.5 Å². The Kier molecular flexibility index (Phi) is 3.84. The number of aromatic hydroxyl groups is 2. The van der Waals surface area contributed by atoms with Crippen molar-refractivity contribution in [2.45, 2.75) is 37.8 Å². The van der Waals surface area contributed by atoms with Crippen LogP contribution < -0.4 is 5.32 Å². The number of hydrogen-bond acceptors (Lipinski definition) is 5. The van der Waals surface area contributed by atoms with Gasteiger partial charge in [-0.05, 0) is 43.9 Å². The minimum Gasteiger partial charge on any atom is -0.504 e. The first-order valence-electron chi connectivity index (χ1n) is 7.28. The zero-order chi connectivity index (χ0) is 14.8. The van der Waals surface area contributed by atoms with Gasteiger partial charge in [0.1, 0.15) is 6.10 Å². The van der Waals surface area contributed by atoms with Gasteiger partial charge < -0.3 is 20.3 Å². The van der Waals surface area contributed by atoms with E-state index in [1.807, 2.05) is 6.08 Å². The van der Waals surface area contributed by atoms with Crippen molar-refractivity contribution >= 4 is 5.78 Å². The summed E-state index contributed by atoms with van der Waals surface area (Å²) in [7, 11) is 0. The molecule has 2 unspecified atom stereocenters. The molecule has 5 heteroatoms. The van der Waals surface area contributed by atoms with E-state index in [9.17, 15) is 15.0 Å². The minimum absolute atomic E-state index is 0.0297. The second-order valence-electron chi connectivity index (χ2n) is 5.53. The number of carbonyl (C=O) groups excluding carboxylic acids is 1. The van der Waals surface area contributed by atoms with Crippen LogP contribution in [0.15, 0.2) is 24.5 Å². The van der Waals surface area contributed by atoms with Crippen molar-refractivity contribution in [3.63, 3.8) is 0 Å². The first-order valence-corrected chi connectivity index (χ1v) is 7.28. The van der Waals surface area contributed by atoms with Gasteiger partial charge in [0.05, 0.1) is 12.3 Å². The predicted octanol–water partition coefficient (Wildman–Crippen LogP) is 1.88. The Balaban J connectivity index is 1.68. The van der Waals surface area contributed by atoms with Crippen molar-refractivity contribution in [3.8, 4) is 11.5 Å². The van der Waals surface area contributed by atoms with Crippen molar-refractivity contribution in [2.24, 2.45) is 0 Å². The molecule has 1 aromatic rings. The molecule has 0 aromatic heterocycles. The van der Waals surface area contributed by atoms with Crippen LogP contribution in [0.4, 0.5) is 0 Å². The average molecular weight is 289 g/mol. The topological polar surface area (TPSA) is 78.8 Å². The second-order valence-corrected chi connectivity index (χ2v) is 5.53. The van der Waals surface area contributed by atoms with E-state index in [-0.39, 0.29) is 29.4 Å². The molecule has 0 amide bonds.